The number of carboxylic acid groups (broad SMARTS) is 1. The average Bonchev–Trinajstić information content (AvgIpc) is 2.36. The van der Waals surface area contributed by atoms with Crippen molar-refractivity contribution < 1.29 is 19.4 Å². The summed E-state index contributed by atoms with van der Waals surface area (Å²) in [4.78, 5) is 22.3. The quantitative estimate of drug-likeness (QED) is 0.810. The van der Waals surface area contributed by atoms with Crippen molar-refractivity contribution in [3.63, 3.8) is 0 Å². The fourth-order valence-electron chi connectivity index (χ4n) is 1.80. The summed E-state index contributed by atoms with van der Waals surface area (Å²) in [5.41, 5.74) is 0.697. The van der Waals surface area contributed by atoms with Crippen LogP contribution in [0.15, 0.2) is 18.2 Å². The van der Waals surface area contributed by atoms with Gasteiger partial charge in [0.15, 0.2) is 0 Å². The molecule has 5 nitrogen and oxygen atoms in total. The monoisotopic (exact) mass is 299 g/mol. The lowest BCUT2D eigenvalue weighted by atomic mass is 10.1. The topological polar surface area (TPSA) is 75.6 Å². The third kappa shape index (κ3) is 5.48. The molecule has 0 aliphatic carbocycles. The van der Waals surface area contributed by atoms with Crippen molar-refractivity contribution in [3.05, 3.63) is 28.8 Å². The molecule has 2 N–H and O–H groups in total. The molecule has 1 aromatic carbocycles. The molecule has 0 bridgehead atoms. The number of amides is 1. The van der Waals surface area contributed by atoms with Crippen molar-refractivity contribution in [1.29, 1.82) is 0 Å². The highest BCUT2D eigenvalue weighted by Gasteiger charge is 2.12. The Morgan fingerprint density at radius 2 is 2.15 bits per heavy atom. The summed E-state index contributed by atoms with van der Waals surface area (Å²) in [6.07, 6.45) is 0.566. The van der Waals surface area contributed by atoms with Crippen LogP contribution in [0.3, 0.4) is 0 Å². The van der Waals surface area contributed by atoms with E-state index in [0.717, 1.165) is 0 Å². The highest BCUT2D eigenvalue weighted by atomic mass is 35.5. The molecular weight excluding hydrogens is 282 g/mol. The maximum absolute atomic E-state index is 11.9. The van der Waals surface area contributed by atoms with Gasteiger partial charge in [-0.15, -0.1) is 0 Å². The van der Waals surface area contributed by atoms with Crippen LogP contribution in [0.1, 0.15) is 25.3 Å². The summed E-state index contributed by atoms with van der Waals surface area (Å²) >= 11 is 5.90. The number of carbonyl (C=O) groups is 2. The van der Waals surface area contributed by atoms with Crippen LogP contribution in [0.4, 0.5) is 0 Å². The molecule has 0 aliphatic rings. The molecule has 0 heterocycles. The van der Waals surface area contributed by atoms with Crippen molar-refractivity contribution in [2.45, 2.75) is 32.2 Å². The van der Waals surface area contributed by atoms with Crippen LogP contribution in [0.25, 0.3) is 0 Å². The number of halogens is 1. The molecule has 1 aromatic rings. The Hall–Kier alpha value is -1.75. The van der Waals surface area contributed by atoms with E-state index >= 15 is 0 Å². The second-order valence-electron chi connectivity index (χ2n) is 4.53. The molecule has 0 fully saturated rings. The van der Waals surface area contributed by atoms with Crippen LogP contribution in [-0.2, 0) is 16.0 Å². The first-order valence-electron chi connectivity index (χ1n) is 6.26. The molecule has 0 spiro atoms. The predicted molar refractivity (Wildman–Crippen MR) is 76.2 cm³/mol. The number of carbonyl (C=O) groups excluding carboxylic acids is 1. The summed E-state index contributed by atoms with van der Waals surface area (Å²) < 4.78 is 5.17. The zero-order chi connectivity index (χ0) is 15.1. The van der Waals surface area contributed by atoms with E-state index in [-0.39, 0.29) is 24.8 Å². The predicted octanol–water partition coefficient (Wildman–Crippen LogP) is 2.26. The largest absolute Gasteiger partial charge is 0.496 e. The normalized spacial score (nSPS) is 11.8. The average molecular weight is 300 g/mol. The third-order valence-electron chi connectivity index (χ3n) is 2.79. The fraction of sp³-hybridized carbons (Fsp3) is 0.429. The number of hydrogen-bond donors (Lipinski definition) is 2. The molecule has 0 saturated carbocycles. The van der Waals surface area contributed by atoms with Gasteiger partial charge in [0.25, 0.3) is 0 Å². The van der Waals surface area contributed by atoms with Crippen LogP contribution < -0.4 is 10.1 Å². The minimum atomic E-state index is -0.873. The van der Waals surface area contributed by atoms with E-state index in [1.807, 2.05) is 0 Å². The lowest BCUT2D eigenvalue weighted by molar-refractivity contribution is -0.137. The number of hydrogen-bond acceptors (Lipinski definition) is 3. The highest BCUT2D eigenvalue weighted by molar-refractivity contribution is 6.30. The van der Waals surface area contributed by atoms with Crippen molar-refractivity contribution >= 4 is 23.5 Å². The number of ether oxygens (including phenoxy) is 1. The molecule has 1 amide bonds. The van der Waals surface area contributed by atoms with E-state index in [1.165, 1.54) is 7.11 Å². The maximum Gasteiger partial charge on any atom is 0.303 e. The third-order valence-corrected chi connectivity index (χ3v) is 3.03. The second-order valence-corrected chi connectivity index (χ2v) is 4.97. The number of benzene rings is 1. The fourth-order valence-corrected chi connectivity index (χ4v) is 1.99. The second kappa shape index (κ2) is 7.75. The smallest absolute Gasteiger partial charge is 0.303 e. The van der Waals surface area contributed by atoms with Crippen LogP contribution in [0.2, 0.25) is 5.02 Å². The first-order chi connectivity index (χ1) is 9.42. The highest BCUT2D eigenvalue weighted by Crippen LogP contribution is 2.23. The Morgan fingerprint density at radius 3 is 2.75 bits per heavy atom. The van der Waals surface area contributed by atoms with E-state index in [0.29, 0.717) is 22.8 Å². The zero-order valence-corrected chi connectivity index (χ0v) is 12.2. The molecule has 0 aliphatic heterocycles. The van der Waals surface area contributed by atoms with Crippen molar-refractivity contribution in [2.75, 3.05) is 7.11 Å². The lowest BCUT2D eigenvalue weighted by Gasteiger charge is -2.14. The van der Waals surface area contributed by atoms with Crippen LogP contribution in [0, 0.1) is 0 Å². The Kier molecular flexibility index (Phi) is 6.31. The van der Waals surface area contributed by atoms with E-state index in [1.54, 1.807) is 25.1 Å². The molecule has 0 radical (unpaired) electrons. The zero-order valence-electron chi connectivity index (χ0n) is 11.5. The van der Waals surface area contributed by atoms with Gasteiger partial charge in [-0.2, -0.15) is 0 Å². The van der Waals surface area contributed by atoms with Crippen molar-refractivity contribution in [3.8, 4) is 5.75 Å². The number of carboxylic acids is 1. The molecule has 110 valence electrons. The molecule has 0 saturated heterocycles. The Labute approximate surface area is 122 Å². The minimum absolute atomic E-state index is 0.0297. The van der Waals surface area contributed by atoms with E-state index in [2.05, 4.69) is 5.32 Å². The molecular formula is C14H18ClNO4. The van der Waals surface area contributed by atoms with Crippen molar-refractivity contribution in [2.24, 2.45) is 0 Å². The van der Waals surface area contributed by atoms with Crippen LogP contribution >= 0.6 is 11.6 Å². The van der Waals surface area contributed by atoms with Crippen LogP contribution in [-0.4, -0.2) is 30.1 Å². The standard InChI is InChI=1S/C14H18ClNO4/c1-9(3-6-14(18)19)16-13(17)8-10-7-11(15)4-5-12(10)20-2/h4-5,7,9H,3,6,8H2,1-2H3,(H,16,17)(H,18,19). The van der Waals surface area contributed by atoms with Gasteiger partial charge >= 0.3 is 5.97 Å². The summed E-state index contributed by atoms with van der Waals surface area (Å²) in [7, 11) is 1.53. The van der Waals surface area contributed by atoms with Crippen LogP contribution in [0.5, 0.6) is 5.75 Å². The van der Waals surface area contributed by atoms with Gasteiger partial charge in [0.05, 0.1) is 13.5 Å². The van der Waals surface area contributed by atoms with E-state index < -0.39 is 5.97 Å². The molecule has 1 atom stereocenters. The summed E-state index contributed by atoms with van der Waals surface area (Å²) in [6.45, 7) is 1.77. The van der Waals surface area contributed by atoms with Gasteiger partial charge < -0.3 is 15.2 Å². The SMILES string of the molecule is COc1ccc(Cl)cc1CC(=O)NC(C)CCC(=O)O. The summed E-state index contributed by atoms with van der Waals surface area (Å²) in [6, 6.07) is 4.89. The van der Waals surface area contributed by atoms with E-state index in [4.69, 9.17) is 21.4 Å². The first kappa shape index (κ1) is 16.3. The van der Waals surface area contributed by atoms with Gasteiger partial charge in [0.1, 0.15) is 5.75 Å². The van der Waals surface area contributed by atoms with Gasteiger partial charge in [-0.3, -0.25) is 9.59 Å². The molecule has 6 heteroatoms. The molecule has 20 heavy (non-hydrogen) atoms. The minimum Gasteiger partial charge on any atom is -0.496 e. The van der Waals surface area contributed by atoms with Gasteiger partial charge in [-0.25, -0.2) is 0 Å². The lowest BCUT2D eigenvalue weighted by Crippen LogP contribution is -2.34. The maximum atomic E-state index is 11.9. The molecule has 1 unspecified atom stereocenters. The summed E-state index contributed by atoms with van der Waals surface area (Å²) in [5.74, 6) is -0.464. The number of rotatable bonds is 7. The Morgan fingerprint density at radius 1 is 1.45 bits per heavy atom. The van der Waals surface area contributed by atoms with Gasteiger partial charge in [0.2, 0.25) is 5.91 Å². The van der Waals surface area contributed by atoms with Crippen molar-refractivity contribution in [1.82, 2.24) is 5.32 Å². The molecule has 1 rings (SSSR count). The van der Waals surface area contributed by atoms with E-state index in [9.17, 15) is 9.59 Å². The number of methoxy groups -OCH3 is 1. The van der Waals surface area contributed by atoms with Gasteiger partial charge in [-0.05, 0) is 31.5 Å². The Bertz CT molecular complexity index is 490. The van der Waals surface area contributed by atoms with Gasteiger partial charge in [-0.1, -0.05) is 11.6 Å². The van der Waals surface area contributed by atoms with Gasteiger partial charge in [0, 0.05) is 23.0 Å². The number of nitrogens with one attached hydrogen (secondary N) is 1. The summed E-state index contributed by atoms with van der Waals surface area (Å²) in [5, 5.41) is 11.9. The Balaban J connectivity index is 2.57. The molecule has 0 aromatic heterocycles. The number of aliphatic carboxylic acids is 1. The first-order valence-corrected chi connectivity index (χ1v) is 6.63.